The van der Waals surface area contributed by atoms with Crippen molar-refractivity contribution >= 4 is 0 Å². The Balaban J connectivity index is 3.32. The summed E-state index contributed by atoms with van der Waals surface area (Å²) in [5.41, 5.74) is 7.02. The smallest absolute Gasteiger partial charge is 0.126 e. The van der Waals surface area contributed by atoms with Crippen LogP contribution in [0.1, 0.15) is 24.1 Å². The van der Waals surface area contributed by atoms with Crippen LogP contribution in [-0.4, -0.2) is 7.11 Å². The lowest BCUT2D eigenvalue weighted by Gasteiger charge is -2.14. The van der Waals surface area contributed by atoms with Crippen LogP contribution in [0.4, 0.5) is 4.39 Å². The molecule has 1 aromatic rings. The SMILES string of the molecule is COc1ccc(F)c(C)c1C(C)N. The molecule has 1 rings (SSSR count). The van der Waals surface area contributed by atoms with Crippen LogP contribution in [0.5, 0.6) is 5.75 Å². The van der Waals surface area contributed by atoms with E-state index in [1.165, 1.54) is 6.07 Å². The van der Waals surface area contributed by atoms with E-state index >= 15 is 0 Å². The Morgan fingerprint density at radius 1 is 1.46 bits per heavy atom. The molecule has 0 heterocycles. The zero-order valence-corrected chi connectivity index (χ0v) is 8.10. The molecule has 1 atom stereocenters. The van der Waals surface area contributed by atoms with Gasteiger partial charge in [0, 0.05) is 11.6 Å². The quantitative estimate of drug-likeness (QED) is 0.762. The summed E-state index contributed by atoms with van der Waals surface area (Å²) in [6.45, 7) is 3.51. The monoisotopic (exact) mass is 183 g/mol. The molecule has 1 unspecified atom stereocenters. The number of halogens is 1. The minimum Gasteiger partial charge on any atom is -0.496 e. The first-order valence-electron chi connectivity index (χ1n) is 4.16. The fourth-order valence-electron chi connectivity index (χ4n) is 1.42. The highest BCUT2D eigenvalue weighted by Gasteiger charge is 2.13. The molecule has 0 fully saturated rings. The van der Waals surface area contributed by atoms with Gasteiger partial charge >= 0.3 is 0 Å². The molecule has 2 nitrogen and oxygen atoms in total. The Hall–Kier alpha value is -1.09. The van der Waals surface area contributed by atoms with Crippen molar-refractivity contribution in [2.75, 3.05) is 7.11 Å². The first kappa shape index (κ1) is 9.99. The Morgan fingerprint density at radius 2 is 2.08 bits per heavy atom. The van der Waals surface area contributed by atoms with E-state index in [0.717, 1.165) is 5.56 Å². The molecule has 2 N–H and O–H groups in total. The average molecular weight is 183 g/mol. The van der Waals surface area contributed by atoms with E-state index in [1.807, 2.05) is 6.92 Å². The number of rotatable bonds is 2. The van der Waals surface area contributed by atoms with Crippen LogP contribution in [-0.2, 0) is 0 Å². The molecule has 1 aromatic carbocycles. The first-order chi connectivity index (χ1) is 6.07. The van der Waals surface area contributed by atoms with E-state index in [0.29, 0.717) is 11.3 Å². The second-order valence-electron chi connectivity index (χ2n) is 3.08. The summed E-state index contributed by atoms with van der Waals surface area (Å²) in [5.74, 6) is 0.405. The predicted octanol–water partition coefficient (Wildman–Crippen LogP) is 2.16. The molecule has 0 saturated heterocycles. The minimum absolute atomic E-state index is 0.217. The third kappa shape index (κ3) is 1.80. The van der Waals surface area contributed by atoms with Crippen molar-refractivity contribution in [3.05, 3.63) is 29.1 Å². The Kier molecular flexibility index (Phi) is 2.88. The standard InChI is InChI=1S/C10H14FNO/c1-6-8(11)4-5-9(13-3)10(6)7(2)12/h4-5,7H,12H2,1-3H3. The van der Waals surface area contributed by atoms with Gasteiger partial charge in [0.1, 0.15) is 11.6 Å². The third-order valence-corrected chi connectivity index (χ3v) is 2.08. The van der Waals surface area contributed by atoms with Crippen LogP contribution in [0.15, 0.2) is 12.1 Å². The molecule has 0 saturated carbocycles. The fourth-order valence-corrected chi connectivity index (χ4v) is 1.42. The molecule has 72 valence electrons. The fraction of sp³-hybridized carbons (Fsp3) is 0.400. The Morgan fingerprint density at radius 3 is 2.54 bits per heavy atom. The van der Waals surface area contributed by atoms with Gasteiger partial charge < -0.3 is 10.5 Å². The van der Waals surface area contributed by atoms with Crippen LogP contribution in [0.3, 0.4) is 0 Å². The van der Waals surface area contributed by atoms with E-state index in [9.17, 15) is 4.39 Å². The molecular formula is C10H14FNO. The topological polar surface area (TPSA) is 35.2 Å². The van der Waals surface area contributed by atoms with Crippen molar-refractivity contribution in [2.24, 2.45) is 5.73 Å². The van der Waals surface area contributed by atoms with Crippen molar-refractivity contribution < 1.29 is 9.13 Å². The lowest BCUT2D eigenvalue weighted by atomic mass is 10.0. The number of nitrogens with two attached hydrogens (primary N) is 1. The van der Waals surface area contributed by atoms with Gasteiger partial charge in [-0.15, -0.1) is 0 Å². The van der Waals surface area contributed by atoms with Crippen molar-refractivity contribution in [2.45, 2.75) is 19.9 Å². The minimum atomic E-state index is -0.242. The maximum atomic E-state index is 13.1. The summed E-state index contributed by atoms with van der Waals surface area (Å²) in [7, 11) is 1.55. The van der Waals surface area contributed by atoms with Gasteiger partial charge in [-0.25, -0.2) is 4.39 Å². The summed E-state index contributed by atoms with van der Waals surface area (Å²) in [4.78, 5) is 0. The number of methoxy groups -OCH3 is 1. The summed E-state index contributed by atoms with van der Waals surface area (Å²) in [6.07, 6.45) is 0. The lowest BCUT2D eigenvalue weighted by Crippen LogP contribution is -2.10. The van der Waals surface area contributed by atoms with E-state index in [1.54, 1.807) is 20.1 Å². The van der Waals surface area contributed by atoms with E-state index in [4.69, 9.17) is 10.5 Å². The van der Waals surface area contributed by atoms with Crippen molar-refractivity contribution in [1.29, 1.82) is 0 Å². The maximum absolute atomic E-state index is 13.1. The van der Waals surface area contributed by atoms with E-state index < -0.39 is 0 Å². The second-order valence-corrected chi connectivity index (χ2v) is 3.08. The molecule has 13 heavy (non-hydrogen) atoms. The zero-order chi connectivity index (χ0) is 10.0. The second kappa shape index (κ2) is 3.75. The van der Waals surface area contributed by atoms with Crippen molar-refractivity contribution in [3.8, 4) is 5.75 Å². The molecule has 0 radical (unpaired) electrons. The molecular weight excluding hydrogens is 169 g/mol. The molecule has 0 amide bonds. The summed E-state index contributed by atoms with van der Waals surface area (Å²) < 4.78 is 18.2. The number of hydrogen-bond donors (Lipinski definition) is 1. The van der Waals surface area contributed by atoms with Crippen LogP contribution in [0.2, 0.25) is 0 Å². The molecule has 0 bridgehead atoms. The van der Waals surface area contributed by atoms with Crippen LogP contribution in [0.25, 0.3) is 0 Å². The van der Waals surface area contributed by atoms with Gasteiger partial charge in [-0.1, -0.05) is 0 Å². The maximum Gasteiger partial charge on any atom is 0.126 e. The first-order valence-corrected chi connectivity index (χ1v) is 4.16. The Bertz CT molecular complexity index is 310. The number of hydrogen-bond acceptors (Lipinski definition) is 2. The van der Waals surface area contributed by atoms with Gasteiger partial charge in [-0.2, -0.15) is 0 Å². The largest absolute Gasteiger partial charge is 0.496 e. The van der Waals surface area contributed by atoms with Crippen LogP contribution < -0.4 is 10.5 Å². The van der Waals surface area contributed by atoms with Gasteiger partial charge in [-0.3, -0.25) is 0 Å². The van der Waals surface area contributed by atoms with Crippen LogP contribution >= 0.6 is 0 Å². The molecule has 0 aliphatic heterocycles. The summed E-state index contributed by atoms with van der Waals surface area (Å²) in [6, 6.07) is 2.77. The molecule has 0 spiro atoms. The number of benzene rings is 1. The van der Waals surface area contributed by atoms with Gasteiger partial charge in [0.2, 0.25) is 0 Å². The van der Waals surface area contributed by atoms with Gasteiger partial charge in [0.15, 0.2) is 0 Å². The normalized spacial score (nSPS) is 12.7. The summed E-state index contributed by atoms with van der Waals surface area (Å²) in [5, 5.41) is 0. The van der Waals surface area contributed by atoms with Gasteiger partial charge in [-0.05, 0) is 31.5 Å². The highest BCUT2D eigenvalue weighted by atomic mass is 19.1. The van der Waals surface area contributed by atoms with Gasteiger partial charge in [0.05, 0.1) is 7.11 Å². The third-order valence-electron chi connectivity index (χ3n) is 2.08. The molecule has 3 heteroatoms. The van der Waals surface area contributed by atoms with E-state index in [2.05, 4.69) is 0 Å². The van der Waals surface area contributed by atoms with Crippen molar-refractivity contribution in [3.63, 3.8) is 0 Å². The Labute approximate surface area is 77.5 Å². The van der Waals surface area contributed by atoms with Crippen LogP contribution in [0, 0.1) is 12.7 Å². The highest BCUT2D eigenvalue weighted by Crippen LogP contribution is 2.28. The average Bonchev–Trinajstić information content (AvgIpc) is 2.08. The molecule has 0 aromatic heterocycles. The molecule has 0 aliphatic carbocycles. The summed E-state index contributed by atoms with van der Waals surface area (Å²) >= 11 is 0. The predicted molar refractivity (Wildman–Crippen MR) is 50.3 cm³/mol. The van der Waals surface area contributed by atoms with Gasteiger partial charge in [0.25, 0.3) is 0 Å². The zero-order valence-electron chi connectivity index (χ0n) is 8.10. The lowest BCUT2D eigenvalue weighted by molar-refractivity contribution is 0.404. The van der Waals surface area contributed by atoms with E-state index in [-0.39, 0.29) is 11.9 Å². The number of ether oxygens (including phenoxy) is 1. The molecule has 0 aliphatic rings. The van der Waals surface area contributed by atoms with Crippen molar-refractivity contribution in [1.82, 2.24) is 0 Å². The highest BCUT2D eigenvalue weighted by molar-refractivity contribution is 5.42.